The fraction of sp³-hybridized carbons (Fsp3) is 0.0556. The number of aliphatic hydroxyl groups excluding tert-OH is 1. The van der Waals surface area contributed by atoms with Gasteiger partial charge in [0.2, 0.25) is 0 Å². The normalized spacial score (nSPS) is 10.8. The number of pyridine rings is 1. The number of ether oxygens (including phenoxy) is 2. The molecule has 0 amide bonds. The average Bonchev–Trinajstić information content (AvgIpc) is 3.05. The van der Waals surface area contributed by atoms with Crippen LogP contribution in [0.25, 0.3) is 38.6 Å². The van der Waals surface area contributed by atoms with Gasteiger partial charge in [-0.1, -0.05) is 91.0 Å². The quantitative estimate of drug-likeness (QED) is 0.0470. The van der Waals surface area contributed by atoms with Gasteiger partial charge in [0.05, 0.1) is 37.4 Å². The molecule has 0 saturated heterocycles. The number of hydrogen-bond acceptors (Lipinski definition) is 4. The van der Waals surface area contributed by atoms with Crippen molar-refractivity contribution >= 4 is 33.1 Å². The number of hydrogen-bond donors (Lipinski definition) is 1. The van der Waals surface area contributed by atoms with Crippen LogP contribution < -0.4 is 9.47 Å². The van der Waals surface area contributed by atoms with Crippen LogP contribution in [0, 0.1) is 6.07 Å². The summed E-state index contributed by atoms with van der Waals surface area (Å²) in [5, 5.41) is 14.6. The minimum atomic E-state index is 0. The van der Waals surface area contributed by atoms with E-state index in [9.17, 15) is 9.90 Å². The van der Waals surface area contributed by atoms with Crippen LogP contribution in [0.15, 0.2) is 128 Å². The zero-order valence-electron chi connectivity index (χ0n) is 23.1. The van der Waals surface area contributed by atoms with Gasteiger partial charge in [0.15, 0.2) is 0 Å². The van der Waals surface area contributed by atoms with Crippen LogP contribution in [0.4, 0.5) is 0 Å². The first-order valence-corrected chi connectivity index (χ1v) is 13.1. The van der Waals surface area contributed by atoms with E-state index in [0.29, 0.717) is 22.6 Å². The van der Waals surface area contributed by atoms with Gasteiger partial charge in [-0.15, -0.1) is 17.7 Å². The van der Waals surface area contributed by atoms with Gasteiger partial charge in [-0.3, -0.25) is 4.79 Å². The van der Waals surface area contributed by atoms with E-state index in [-0.39, 0.29) is 31.6 Å². The molecule has 211 valence electrons. The number of allylic oxidation sites excluding steroid dienone is 1. The van der Waals surface area contributed by atoms with Gasteiger partial charge in [0, 0.05) is 31.9 Å². The van der Waals surface area contributed by atoms with Crippen molar-refractivity contribution in [1.29, 1.82) is 0 Å². The van der Waals surface area contributed by atoms with Gasteiger partial charge in [-0.25, -0.2) is 0 Å². The van der Waals surface area contributed by atoms with Crippen LogP contribution in [-0.4, -0.2) is 34.9 Å². The molecular weight excluding hydrogens is 703 g/mol. The summed E-state index contributed by atoms with van der Waals surface area (Å²) >= 11 is 0. The molecule has 6 rings (SSSR count). The van der Waals surface area contributed by atoms with Gasteiger partial charge in [0.1, 0.15) is 5.76 Å². The maximum Gasteiger partial charge on any atom is 0.350 e. The Balaban J connectivity index is 0.000000200. The molecule has 42 heavy (non-hydrogen) atoms. The Morgan fingerprint density at radius 1 is 0.738 bits per heavy atom. The summed E-state index contributed by atoms with van der Waals surface area (Å²) in [4.78, 5) is 14.4. The fourth-order valence-electron chi connectivity index (χ4n) is 4.58. The van der Waals surface area contributed by atoms with Crippen molar-refractivity contribution in [3.05, 3.63) is 145 Å². The van der Waals surface area contributed by atoms with E-state index in [1.54, 1.807) is 44.6 Å². The van der Waals surface area contributed by atoms with E-state index >= 15 is 0 Å². The first kappa shape index (κ1) is 30.2. The van der Waals surface area contributed by atoms with Crippen LogP contribution in [0.5, 0.6) is 11.5 Å². The van der Waals surface area contributed by atoms with Crippen LogP contribution in [0.2, 0.25) is 0 Å². The third-order valence-electron chi connectivity index (χ3n) is 6.66. The van der Waals surface area contributed by atoms with Crippen molar-refractivity contribution in [2.45, 2.75) is 0 Å². The number of rotatable bonds is 6. The molecule has 0 bridgehead atoms. The van der Waals surface area contributed by atoms with Gasteiger partial charge in [-0.05, 0) is 45.4 Å². The number of aromatic nitrogens is 1. The Hall–Kier alpha value is -4.77. The topological polar surface area (TPSA) is 73.0 Å². The largest absolute Gasteiger partial charge is 0.536 e. The van der Waals surface area contributed by atoms with E-state index in [1.165, 1.54) is 22.2 Å². The Morgan fingerprint density at radius 3 is 2.07 bits per heavy atom. The van der Waals surface area contributed by atoms with Crippen molar-refractivity contribution < 1.29 is 39.5 Å². The number of ketones is 1. The maximum atomic E-state index is 9.83. The number of fused-ring (bicyclic) bond motifs is 3. The SMILES string of the molecule is COc1c[c-]c(-c2nccc3c2ccc2ccccc23)cc1OC.O/C(=C\C(=[OH+])c1ccccc1)c1ccccc1.[Ir]. The van der Waals surface area contributed by atoms with Gasteiger partial charge in [-0.2, -0.15) is 0 Å². The molecular formula is C36H29IrNO4. The molecule has 0 saturated carbocycles. The summed E-state index contributed by atoms with van der Waals surface area (Å²) in [7, 11) is 3.25. The van der Waals surface area contributed by atoms with E-state index in [2.05, 4.69) is 53.5 Å². The summed E-state index contributed by atoms with van der Waals surface area (Å²) < 4.78 is 10.7. The summed E-state index contributed by atoms with van der Waals surface area (Å²) in [6.07, 6.45) is 3.19. The zero-order valence-corrected chi connectivity index (χ0v) is 25.5. The number of methoxy groups -OCH3 is 2. The minimum Gasteiger partial charge on any atom is -0.536 e. The number of carbonyl (C=O) groups excluding carboxylic acids is 1. The molecule has 0 aliphatic rings. The number of benzene rings is 5. The fourth-order valence-corrected chi connectivity index (χ4v) is 4.58. The molecule has 1 heterocycles. The molecule has 6 heteroatoms. The molecule has 0 spiro atoms. The minimum absolute atomic E-state index is 0. The van der Waals surface area contributed by atoms with Gasteiger partial charge < -0.3 is 19.6 Å². The predicted molar refractivity (Wildman–Crippen MR) is 166 cm³/mol. The molecule has 0 atom stereocenters. The van der Waals surface area contributed by atoms with Crippen LogP contribution in [0.1, 0.15) is 11.1 Å². The van der Waals surface area contributed by atoms with Crippen molar-refractivity contribution in [3.8, 4) is 22.8 Å². The number of nitrogens with zero attached hydrogens (tertiary/aromatic N) is 1. The average molecular weight is 732 g/mol. The molecule has 6 aromatic rings. The molecule has 5 nitrogen and oxygen atoms in total. The second-order valence-electron chi connectivity index (χ2n) is 9.17. The van der Waals surface area contributed by atoms with E-state index < -0.39 is 0 Å². The maximum absolute atomic E-state index is 9.83. The Labute approximate surface area is 258 Å². The Bertz CT molecular complexity index is 1840. The molecule has 0 aliphatic carbocycles. The third kappa shape index (κ3) is 6.74. The summed E-state index contributed by atoms with van der Waals surface area (Å²) in [5.74, 6) is 1.43. The van der Waals surface area contributed by atoms with Crippen LogP contribution in [0.3, 0.4) is 0 Å². The van der Waals surface area contributed by atoms with Crippen molar-refractivity contribution in [3.63, 3.8) is 0 Å². The number of aliphatic hydroxyl groups is 1. The molecule has 0 fully saturated rings. The summed E-state index contributed by atoms with van der Waals surface area (Å²) in [6, 6.07) is 39.8. The smallest absolute Gasteiger partial charge is 0.350 e. The zero-order chi connectivity index (χ0) is 28.6. The standard InChI is InChI=1S/C21H16NO2.C15H12O2.Ir/c1-23-19-10-8-15(13-20(19)24-2)21-18-9-7-14-5-3-4-6-16(14)17(18)11-12-22-21;16-14(12-7-3-1-4-8-12)11-15(17)13-9-5-2-6-10-13;/h3-7,9-13H,1-2H3;1-11,16H;/q-1;;/p+1/b;14-11-;. The van der Waals surface area contributed by atoms with E-state index in [1.807, 2.05) is 48.7 Å². The molecule has 1 radical (unpaired) electrons. The summed E-state index contributed by atoms with van der Waals surface area (Å²) in [5.41, 5.74) is 3.12. The Kier molecular flexibility index (Phi) is 10.2. The van der Waals surface area contributed by atoms with Crippen LogP contribution >= 0.6 is 0 Å². The Morgan fingerprint density at radius 2 is 1.38 bits per heavy atom. The summed E-state index contributed by atoms with van der Waals surface area (Å²) in [6.45, 7) is 0. The third-order valence-corrected chi connectivity index (χ3v) is 6.66. The molecule has 0 unspecified atom stereocenters. The first-order chi connectivity index (χ1) is 20.1. The van der Waals surface area contributed by atoms with E-state index in [0.717, 1.165) is 16.6 Å². The second kappa shape index (κ2) is 14.2. The van der Waals surface area contributed by atoms with Crippen molar-refractivity contribution in [1.82, 2.24) is 4.98 Å². The van der Waals surface area contributed by atoms with Crippen molar-refractivity contribution in [2.24, 2.45) is 0 Å². The molecule has 5 aromatic carbocycles. The van der Waals surface area contributed by atoms with Gasteiger partial charge in [0.25, 0.3) is 0 Å². The molecule has 2 N–H and O–H groups in total. The molecule has 1 aromatic heterocycles. The van der Waals surface area contributed by atoms with Gasteiger partial charge >= 0.3 is 5.78 Å². The second-order valence-corrected chi connectivity index (χ2v) is 9.17. The monoisotopic (exact) mass is 732 g/mol. The predicted octanol–water partition coefficient (Wildman–Crippen LogP) is 8.05. The van der Waals surface area contributed by atoms with E-state index in [4.69, 9.17) is 9.47 Å². The van der Waals surface area contributed by atoms with Crippen molar-refractivity contribution in [2.75, 3.05) is 14.2 Å². The van der Waals surface area contributed by atoms with Crippen LogP contribution in [-0.2, 0) is 20.1 Å². The first-order valence-electron chi connectivity index (χ1n) is 13.1. The molecule has 0 aliphatic heterocycles.